The molecule has 0 atom stereocenters. The van der Waals surface area contributed by atoms with Crippen molar-refractivity contribution in [3.8, 4) is 0 Å². The van der Waals surface area contributed by atoms with Gasteiger partial charge in [-0.3, -0.25) is 14.0 Å². The molecule has 2 aromatic carbocycles. The number of nitrogens with zero attached hydrogens (tertiary/aromatic N) is 2. The molecule has 0 spiro atoms. The zero-order valence-electron chi connectivity index (χ0n) is 16.3. The van der Waals surface area contributed by atoms with Crippen molar-refractivity contribution < 1.29 is 18.7 Å². The predicted octanol–water partition coefficient (Wildman–Crippen LogP) is 3.81. The molecule has 2 aromatic heterocycles. The molecule has 2 heterocycles. The Morgan fingerprint density at radius 1 is 1.16 bits per heavy atom. The van der Waals surface area contributed by atoms with Gasteiger partial charge in [0.2, 0.25) is 0 Å². The van der Waals surface area contributed by atoms with Crippen LogP contribution in [0.15, 0.2) is 64.8 Å². The molecular weight excluding hydrogens is 421 g/mol. The monoisotopic (exact) mass is 437 g/mol. The van der Waals surface area contributed by atoms with Crippen molar-refractivity contribution in [2.24, 2.45) is 0 Å². The number of amides is 1. The minimum atomic E-state index is -0.621. The Labute approximate surface area is 179 Å². The third kappa shape index (κ3) is 4.36. The maximum absolute atomic E-state index is 13.7. The van der Waals surface area contributed by atoms with Gasteiger partial charge in [0, 0.05) is 22.8 Å². The molecule has 1 N–H and O–H groups in total. The van der Waals surface area contributed by atoms with Crippen molar-refractivity contribution in [3.05, 3.63) is 98.7 Å². The Kier molecular flexibility index (Phi) is 5.59. The molecule has 0 saturated carbocycles. The fourth-order valence-corrected chi connectivity index (χ4v) is 3.82. The summed E-state index contributed by atoms with van der Waals surface area (Å²) in [6, 6.07) is 13.0. The number of rotatable bonds is 5. The smallest absolute Gasteiger partial charge is 0.338 e. The summed E-state index contributed by atoms with van der Waals surface area (Å²) in [6.07, 6.45) is 0. The molecule has 0 radical (unpaired) electrons. The van der Waals surface area contributed by atoms with Gasteiger partial charge in [-0.25, -0.2) is 14.2 Å². The van der Waals surface area contributed by atoms with Crippen molar-refractivity contribution >= 4 is 33.9 Å². The summed E-state index contributed by atoms with van der Waals surface area (Å²) >= 11 is 1.33. The van der Waals surface area contributed by atoms with Crippen molar-refractivity contribution in [2.75, 3.05) is 5.32 Å². The zero-order chi connectivity index (χ0) is 22.0. The lowest BCUT2D eigenvalue weighted by atomic mass is 10.1. The van der Waals surface area contributed by atoms with E-state index in [9.17, 15) is 18.8 Å². The van der Waals surface area contributed by atoms with E-state index in [1.807, 2.05) is 12.3 Å². The Hall–Kier alpha value is -3.85. The highest BCUT2D eigenvalue weighted by Crippen LogP contribution is 2.15. The zero-order valence-corrected chi connectivity index (χ0v) is 17.1. The number of ether oxygens (including phenoxy) is 1. The average Bonchev–Trinajstić information content (AvgIpc) is 3.14. The number of hydrogen-bond acceptors (Lipinski definition) is 6. The Balaban J connectivity index is 1.40. The van der Waals surface area contributed by atoms with E-state index < -0.39 is 17.7 Å². The summed E-state index contributed by atoms with van der Waals surface area (Å²) in [7, 11) is 0. The standard InChI is InChI=1S/C22H16FN3O4S/c1-13-12-31-22-25-16(10-19(27)26(13)22)11-30-21(29)14-6-8-15(9-7-14)24-20(28)17-4-2-3-5-18(17)23/h2-10,12H,11H2,1H3,(H,24,28). The van der Waals surface area contributed by atoms with Crippen LogP contribution in [0.2, 0.25) is 0 Å². The number of anilines is 1. The number of hydrogen-bond donors (Lipinski definition) is 1. The largest absolute Gasteiger partial charge is 0.456 e. The van der Waals surface area contributed by atoms with E-state index in [1.165, 1.54) is 64.3 Å². The van der Waals surface area contributed by atoms with Gasteiger partial charge in [-0.2, -0.15) is 0 Å². The van der Waals surface area contributed by atoms with Crippen LogP contribution < -0.4 is 10.9 Å². The maximum atomic E-state index is 13.7. The summed E-state index contributed by atoms with van der Waals surface area (Å²) in [6.45, 7) is 1.67. The first kappa shape index (κ1) is 20.4. The van der Waals surface area contributed by atoms with E-state index in [1.54, 1.807) is 6.07 Å². The molecule has 156 valence electrons. The van der Waals surface area contributed by atoms with E-state index >= 15 is 0 Å². The van der Waals surface area contributed by atoms with E-state index in [4.69, 9.17) is 4.74 Å². The quantitative estimate of drug-likeness (QED) is 0.480. The van der Waals surface area contributed by atoms with E-state index in [0.29, 0.717) is 16.3 Å². The molecule has 0 unspecified atom stereocenters. The summed E-state index contributed by atoms with van der Waals surface area (Å²) in [5, 5.41) is 4.40. The number of fused-ring (bicyclic) bond motifs is 1. The number of nitrogens with one attached hydrogen (secondary N) is 1. The van der Waals surface area contributed by atoms with Crippen LogP contribution in [-0.2, 0) is 11.3 Å². The van der Waals surface area contributed by atoms with Crippen molar-refractivity contribution in [3.63, 3.8) is 0 Å². The van der Waals surface area contributed by atoms with Gasteiger partial charge in [0.15, 0.2) is 4.96 Å². The van der Waals surface area contributed by atoms with Gasteiger partial charge in [-0.1, -0.05) is 12.1 Å². The summed E-state index contributed by atoms with van der Waals surface area (Å²) < 4.78 is 20.4. The molecule has 7 nitrogen and oxygen atoms in total. The summed E-state index contributed by atoms with van der Waals surface area (Å²) in [5.74, 6) is -1.81. The molecule has 0 fully saturated rings. The molecule has 0 aliphatic carbocycles. The highest BCUT2D eigenvalue weighted by Gasteiger charge is 2.13. The number of carbonyl (C=O) groups excluding carboxylic acids is 2. The molecule has 31 heavy (non-hydrogen) atoms. The molecule has 4 aromatic rings. The number of halogens is 1. The van der Waals surface area contributed by atoms with Gasteiger partial charge < -0.3 is 10.1 Å². The molecule has 9 heteroatoms. The molecule has 0 bridgehead atoms. The minimum absolute atomic E-state index is 0.0766. The fourth-order valence-electron chi connectivity index (χ4n) is 2.93. The lowest BCUT2D eigenvalue weighted by molar-refractivity contribution is 0.0467. The second-order valence-corrected chi connectivity index (χ2v) is 7.50. The lowest BCUT2D eigenvalue weighted by Crippen LogP contribution is -2.16. The van der Waals surface area contributed by atoms with Gasteiger partial charge in [0.05, 0.1) is 16.8 Å². The molecule has 0 aliphatic rings. The van der Waals surface area contributed by atoms with E-state index in [0.717, 1.165) is 5.69 Å². The van der Waals surface area contributed by atoms with Crippen molar-refractivity contribution in [1.82, 2.24) is 9.38 Å². The van der Waals surface area contributed by atoms with Crippen molar-refractivity contribution in [1.29, 1.82) is 0 Å². The van der Waals surface area contributed by atoms with Crippen LogP contribution in [0.4, 0.5) is 10.1 Å². The molecular formula is C22H16FN3O4S. The summed E-state index contributed by atoms with van der Waals surface area (Å²) in [4.78, 5) is 41.5. The van der Waals surface area contributed by atoms with Gasteiger partial charge in [0.1, 0.15) is 12.4 Å². The van der Waals surface area contributed by atoms with Crippen LogP contribution in [0.1, 0.15) is 32.1 Å². The van der Waals surface area contributed by atoms with Crippen molar-refractivity contribution in [2.45, 2.75) is 13.5 Å². The second-order valence-electron chi connectivity index (χ2n) is 6.67. The third-order valence-corrected chi connectivity index (χ3v) is 5.42. The van der Waals surface area contributed by atoms with Crippen LogP contribution in [0.3, 0.4) is 0 Å². The fraction of sp³-hybridized carbons (Fsp3) is 0.0909. The highest BCUT2D eigenvalue weighted by atomic mass is 32.1. The first-order valence-electron chi connectivity index (χ1n) is 9.22. The Bertz CT molecular complexity index is 1350. The Morgan fingerprint density at radius 2 is 1.90 bits per heavy atom. The topological polar surface area (TPSA) is 89.8 Å². The van der Waals surface area contributed by atoms with Crippen LogP contribution in [0.5, 0.6) is 0 Å². The van der Waals surface area contributed by atoms with Crippen LogP contribution in [-0.4, -0.2) is 21.3 Å². The third-order valence-electron chi connectivity index (χ3n) is 4.48. The first-order chi connectivity index (χ1) is 14.9. The van der Waals surface area contributed by atoms with E-state index in [2.05, 4.69) is 10.3 Å². The average molecular weight is 437 g/mol. The normalized spacial score (nSPS) is 10.8. The van der Waals surface area contributed by atoms with Gasteiger partial charge in [-0.15, -0.1) is 11.3 Å². The number of aryl methyl sites for hydroxylation is 1. The van der Waals surface area contributed by atoms with Crippen LogP contribution in [0.25, 0.3) is 4.96 Å². The van der Waals surface area contributed by atoms with Gasteiger partial charge >= 0.3 is 5.97 Å². The number of aromatic nitrogens is 2. The molecule has 0 aliphatic heterocycles. The second kappa shape index (κ2) is 8.49. The molecule has 4 rings (SSSR count). The highest BCUT2D eigenvalue weighted by molar-refractivity contribution is 7.15. The van der Waals surface area contributed by atoms with E-state index in [-0.39, 0.29) is 23.3 Å². The van der Waals surface area contributed by atoms with Gasteiger partial charge in [-0.05, 0) is 43.3 Å². The lowest BCUT2D eigenvalue weighted by Gasteiger charge is -2.08. The van der Waals surface area contributed by atoms with Crippen LogP contribution >= 0.6 is 11.3 Å². The van der Waals surface area contributed by atoms with Crippen LogP contribution in [0, 0.1) is 12.7 Å². The molecule has 0 saturated heterocycles. The molecule has 1 amide bonds. The number of esters is 1. The number of thiazole rings is 1. The summed E-state index contributed by atoms with van der Waals surface area (Å²) in [5.41, 5.74) is 1.50. The first-order valence-corrected chi connectivity index (χ1v) is 10.1. The number of benzene rings is 2. The van der Waals surface area contributed by atoms with Gasteiger partial charge in [0.25, 0.3) is 11.5 Å². The predicted molar refractivity (Wildman–Crippen MR) is 114 cm³/mol. The SMILES string of the molecule is Cc1csc2nc(COC(=O)c3ccc(NC(=O)c4ccccc4F)cc3)cc(=O)n12. The minimum Gasteiger partial charge on any atom is -0.456 e. The number of carbonyl (C=O) groups is 2. The Morgan fingerprint density at radius 3 is 2.65 bits per heavy atom. The maximum Gasteiger partial charge on any atom is 0.338 e.